The van der Waals surface area contributed by atoms with Crippen LogP contribution in [0.15, 0.2) is 0 Å². The second kappa shape index (κ2) is 6.12. The molecule has 2 unspecified atom stereocenters. The van der Waals surface area contributed by atoms with Gasteiger partial charge in [0.15, 0.2) is 0 Å². The van der Waals surface area contributed by atoms with E-state index in [-0.39, 0.29) is 0 Å². The van der Waals surface area contributed by atoms with Crippen molar-refractivity contribution in [3.05, 3.63) is 0 Å². The summed E-state index contributed by atoms with van der Waals surface area (Å²) in [6, 6.07) is 0.657. The molecule has 0 aromatic carbocycles. The molecule has 0 amide bonds. The SMILES string of the molecule is CCSCCCNC1CCOC1C1CC1. The van der Waals surface area contributed by atoms with Gasteiger partial charge in [-0.05, 0) is 49.7 Å². The molecule has 1 saturated carbocycles. The van der Waals surface area contributed by atoms with Crippen LogP contribution in [0.5, 0.6) is 0 Å². The van der Waals surface area contributed by atoms with E-state index >= 15 is 0 Å². The predicted molar refractivity (Wildman–Crippen MR) is 66.5 cm³/mol. The van der Waals surface area contributed by atoms with Crippen molar-refractivity contribution in [3.8, 4) is 0 Å². The predicted octanol–water partition coefficient (Wildman–Crippen LogP) is 2.29. The Morgan fingerprint density at radius 3 is 2.93 bits per heavy atom. The Bertz CT molecular complexity index is 184. The van der Waals surface area contributed by atoms with Crippen molar-refractivity contribution in [2.75, 3.05) is 24.7 Å². The molecular formula is C12H23NOS. The first-order chi connectivity index (χ1) is 7.42. The number of thioether (sulfide) groups is 1. The minimum atomic E-state index is 0.545. The van der Waals surface area contributed by atoms with Gasteiger partial charge in [0, 0.05) is 12.6 Å². The summed E-state index contributed by atoms with van der Waals surface area (Å²) in [5.74, 6) is 3.43. The highest BCUT2D eigenvalue weighted by atomic mass is 32.2. The lowest BCUT2D eigenvalue weighted by molar-refractivity contribution is 0.0812. The van der Waals surface area contributed by atoms with Gasteiger partial charge < -0.3 is 10.1 Å². The first-order valence-corrected chi connectivity index (χ1v) is 7.50. The van der Waals surface area contributed by atoms with Crippen LogP contribution in [-0.2, 0) is 4.74 Å². The van der Waals surface area contributed by atoms with Crippen molar-refractivity contribution in [2.45, 2.75) is 44.8 Å². The minimum Gasteiger partial charge on any atom is -0.376 e. The van der Waals surface area contributed by atoms with Crippen LogP contribution in [0.25, 0.3) is 0 Å². The molecule has 1 aliphatic heterocycles. The Morgan fingerprint density at radius 2 is 2.20 bits per heavy atom. The summed E-state index contributed by atoms with van der Waals surface area (Å²) < 4.78 is 5.80. The largest absolute Gasteiger partial charge is 0.376 e. The van der Waals surface area contributed by atoms with Crippen molar-refractivity contribution < 1.29 is 4.74 Å². The van der Waals surface area contributed by atoms with Crippen LogP contribution >= 0.6 is 11.8 Å². The zero-order valence-electron chi connectivity index (χ0n) is 9.71. The maximum absolute atomic E-state index is 5.80. The third-order valence-corrected chi connectivity index (χ3v) is 4.28. The Morgan fingerprint density at radius 1 is 1.33 bits per heavy atom. The molecule has 0 aromatic heterocycles. The Hall–Kier alpha value is 0.270. The molecule has 88 valence electrons. The third-order valence-electron chi connectivity index (χ3n) is 3.30. The van der Waals surface area contributed by atoms with Crippen molar-refractivity contribution in [2.24, 2.45) is 5.92 Å². The molecule has 1 aliphatic carbocycles. The summed E-state index contributed by atoms with van der Waals surface area (Å²) in [5, 5.41) is 3.67. The van der Waals surface area contributed by atoms with Gasteiger partial charge in [0.25, 0.3) is 0 Å². The van der Waals surface area contributed by atoms with E-state index in [1.165, 1.54) is 43.7 Å². The zero-order chi connectivity index (χ0) is 10.5. The second-order valence-corrected chi connectivity index (χ2v) is 5.97. The van der Waals surface area contributed by atoms with E-state index in [4.69, 9.17) is 4.74 Å². The Kier molecular flexibility index (Phi) is 4.79. The van der Waals surface area contributed by atoms with Crippen LogP contribution < -0.4 is 5.32 Å². The summed E-state index contributed by atoms with van der Waals surface area (Å²) in [6.07, 6.45) is 5.86. The zero-order valence-corrected chi connectivity index (χ0v) is 10.5. The summed E-state index contributed by atoms with van der Waals surface area (Å²) in [5.41, 5.74) is 0. The molecule has 0 spiro atoms. The maximum atomic E-state index is 5.80. The fourth-order valence-electron chi connectivity index (χ4n) is 2.33. The molecule has 2 fully saturated rings. The number of nitrogens with one attached hydrogen (secondary N) is 1. The number of rotatable bonds is 7. The van der Waals surface area contributed by atoms with E-state index in [2.05, 4.69) is 12.2 Å². The normalized spacial score (nSPS) is 31.0. The van der Waals surface area contributed by atoms with E-state index in [1.54, 1.807) is 0 Å². The maximum Gasteiger partial charge on any atom is 0.0756 e. The van der Waals surface area contributed by atoms with Gasteiger partial charge in [-0.1, -0.05) is 6.92 Å². The first-order valence-electron chi connectivity index (χ1n) is 6.34. The van der Waals surface area contributed by atoms with Gasteiger partial charge in [-0.25, -0.2) is 0 Å². The van der Waals surface area contributed by atoms with Gasteiger partial charge in [0.05, 0.1) is 6.10 Å². The quantitative estimate of drug-likeness (QED) is 0.677. The summed E-state index contributed by atoms with van der Waals surface area (Å²) in [4.78, 5) is 0. The van der Waals surface area contributed by atoms with Gasteiger partial charge in [0.2, 0.25) is 0 Å². The van der Waals surface area contributed by atoms with Gasteiger partial charge in [-0.2, -0.15) is 11.8 Å². The van der Waals surface area contributed by atoms with Gasteiger partial charge >= 0.3 is 0 Å². The minimum absolute atomic E-state index is 0.545. The monoisotopic (exact) mass is 229 g/mol. The van der Waals surface area contributed by atoms with Crippen molar-refractivity contribution in [3.63, 3.8) is 0 Å². The first kappa shape index (κ1) is 11.7. The summed E-state index contributed by atoms with van der Waals surface area (Å²) >= 11 is 2.04. The highest BCUT2D eigenvalue weighted by Gasteiger charge is 2.40. The number of hydrogen-bond acceptors (Lipinski definition) is 3. The smallest absolute Gasteiger partial charge is 0.0756 e. The molecule has 0 aromatic rings. The van der Waals surface area contributed by atoms with Crippen LogP contribution in [0.3, 0.4) is 0 Å². The fraction of sp³-hybridized carbons (Fsp3) is 1.00. The Balaban J connectivity index is 1.57. The molecule has 2 nitrogen and oxygen atoms in total. The molecule has 15 heavy (non-hydrogen) atoms. The van der Waals surface area contributed by atoms with Crippen LogP contribution in [0, 0.1) is 5.92 Å². The van der Waals surface area contributed by atoms with E-state index in [0.29, 0.717) is 12.1 Å². The molecule has 2 atom stereocenters. The van der Waals surface area contributed by atoms with E-state index in [0.717, 1.165) is 12.5 Å². The standard InChI is InChI=1S/C12H23NOS/c1-2-15-9-3-7-13-11-6-8-14-12(11)10-4-5-10/h10-13H,2-9H2,1H3. The Labute approximate surface area is 97.5 Å². The van der Waals surface area contributed by atoms with Crippen molar-refractivity contribution in [1.29, 1.82) is 0 Å². The molecule has 1 saturated heterocycles. The fourth-order valence-corrected chi connectivity index (χ4v) is 2.96. The molecule has 3 heteroatoms. The van der Waals surface area contributed by atoms with Crippen LogP contribution in [0.4, 0.5) is 0 Å². The molecular weight excluding hydrogens is 206 g/mol. The molecule has 0 bridgehead atoms. The lowest BCUT2D eigenvalue weighted by Gasteiger charge is -2.19. The third kappa shape index (κ3) is 3.65. The van der Waals surface area contributed by atoms with Gasteiger partial charge in [-0.3, -0.25) is 0 Å². The molecule has 2 rings (SSSR count). The molecule has 1 heterocycles. The van der Waals surface area contributed by atoms with Crippen LogP contribution in [-0.4, -0.2) is 36.8 Å². The summed E-state index contributed by atoms with van der Waals surface area (Å²) in [7, 11) is 0. The van der Waals surface area contributed by atoms with Crippen molar-refractivity contribution in [1.82, 2.24) is 5.32 Å². The van der Waals surface area contributed by atoms with E-state index < -0.39 is 0 Å². The highest BCUT2D eigenvalue weighted by molar-refractivity contribution is 7.99. The van der Waals surface area contributed by atoms with E-state index in [1.807, 2.05) is 11.8 Å². The average molecular weight is 229 g/mol. The topological polar surface area (TPSA) is 21.3 Å². The average Bonchev–Trinajstić information content (AvgIpc) is 2.99. The number of hydrogen-bond donors (Lipinski definition) is 1. The summed E-state index contributed by atoms with van der Waals surface area (Å²) in [6.45, 7) is 4.37. The lowest BCUT2D eigenvalue weighted by Crippen LogP contribution is -2.38. The van der Waals surface area contributed by atoms with Gasteiger partial charge in [-0.15, -0.1) is 0 Å². The van der Waals surface area contributed by atoms with Crippen LogP contribution in [0.1, 0.15) is 32.6 Å². The van der Waals surface area contributed by atoms with Crippen molar-refractivity contribution >= 4 is 11.8 Å². The van der Waals surface area contributed by atoms with Crippen LogP contribution in [0.2, 0.25) is 0 Å². The lowest BCUT2D eigenvalue weighted by atomic mass is 10.1. The van der Waals surface area contributed by atoms with Gasteiger partial charge in [0.1, 0.15) is 0 Å². The molecule has 0 radical (unpaired) electrons. The highest BCUT2D eigenvalue weighted by Crippen LogP contribution is 2.38. The molecule has 2 aliphatic rings. The number of ether oxygens (including phenoxy) is 1. The second-order valence-electron chi connectivity index (χ2n) is 4.57. The molecule has 1 N–H and O–H groups in total. The van der Waals surface area contributed by atoms with E-state index in [9.17, 15) is 0 Å².